The lowest BCUT2D eigenvalue weighted by Crippen LogP contribution is -2.34. The predicted molar refractivity (Wildman–Crippen MR) is 129 cm³/mol. The molecule has 9 heteroatoms. The van der Waals surface area contributed by atoms with Gasteiger partial charge in [-0.2, -0.15) is 4.98 Å². The fourth-order valence-corrected chi connectivity index (χ4v) is 3.70. The molecule has 0 radical (unpaired) electrons. The van der Waals surface area contributed by atoms with Crippen LogP contribution in [0.3, 0.4) is 0 Å². The Labute approximate surface area is 196 Å². The lowest BCUT2D eigenvalue weighted by atomic mass is 10.1. The summed E-state index contributed by atoms with van der Waals surface area (Å²) >= 11 is 5.27. The lowest BCUT2D eigenvalue weighted by Gasteiger charge is -2.11. The van der Waals surface area contributed by atoms with E-state index in [0.29, 0.717) is 22.7 Å². The standard InChI is InChI=1S/C24H22N6O2S/c1-15-3-2-4-17(11-15)22(31)29-24(33)28-18-7-9-19(10-8-18)32-23-20-21(25-13-26-23)30(14-27-20)12-16-5-6-16/h2-4,7-11,13-14,16H,5-6,12H2,1H3,(H2,28,29,31,33). The third-order valence-corrected chi connectivity index (χ3v) is 5.56. The number of ether oxygens (including phenoxy) is 1. The molecule has 4 aromatic rings. The zero-order valence-corrected chi connectivity index (χ0v) is 18.8. The van der Waals surface area contributed by atoms with Gasteiger partial charge in [0.15, 0.2) is 16.3 Å². The zero-order chi connectivity index (χ0) is 22.8. The van der Waals surface area contributed by atoms with Crippen LogP contribution < -0.4 is 15.4 Å². The van der Waals surface area contributed by atoms with Crippen molar-refractivity contribution in [3.8, 4) is 11.6 Å². The van der Waals surface area contributed by atoms with Gasteiger partial charge in [-0.05, 0) is 74.3 Å². The van der Waals surface area contributed by atoms with E-state index >= 15 is 0 Å². The van der Waals surface area contributed by atoms with Crippen LogP contribution in [0, 0.1) is 12.8 Å². The molecule has 1 fully saturated rings. The molecule has 0 bridgehead atoms. The molecule has 1 aliphatic carbocycles. The number of carbonyl (C=O) groups is 1. The number of hydrogen-bond acceptors (Lipinski definition) is 6. The second-order valence-corrected chi connectivity index (χ2v) is 8.50. The highest BCUT2D eigenvalue weighted by atomic mass is 32.1. The number of fused-ring (bicyclic) bond motifs is 1. The Balaban J connectivity index is 1.22. The minimum Gasteiger partial charge on any atom is -0.437 e. The van der Waals surface area contributed by atoms with Gasteiger partial charge in [0.1, 0.15) is 12.1 Å². The van der Waals surface area contributed by atoms with Crippen LogP contribution in [0.1, 0.15) is 28.8 Å². The lowest BCUT2D eigenvalue weighted by molar-refractivity contribution is 0.0977. The quantitative estimate of drug-likeness (QED) is 0.412. The van der Waals surface area contributed by atoms with Gasteiger partial charge < -0.3 is 14.6 Å². The van der Waals surface area contributed by atoms with Gasteiger partial charge in [-0.15, -0.1) is 0 Å². The summed E-state index contributed by atoms with van der Waals surface area (Å²) in [5.74, 6) is 1.47. The predicted octanol–water partition coefficient (Wildman–Crippen LogP) is 4.46. The summed E-state index contributed by atoms with van der Waals surface area (Å²) in [4.78, 5) is 25.4. The SMILES string of the molecule is Cc1cccc(C(=O)NC(=S)Nc2ccc(Oc3ncnc4c3ncn4CC3CC3)cc2)c1. The van der Waals surface area contributed by atoms with E-state index in [2.05, 4.69) is 30.2 Å². The van der Waals surface area contributed by atoms with Crippen molar-refractivity contribution in [1.82, 2.24) is 24.8 Å². The van der Waals surface area contributed by atoms with E-state index in [1.165, 1.54) is 19.2 Å². The van der Waals surface area contributed by atoms with Gasteiger partial charge in [-0.1, -0.05) is 17.7 Å². The van der Waals surface area contributed by atoms with Gasteiger partial charge in [0, 0.05) is 17.8 Å². The number of carbonyl (C=O) groups excluding carboxylic acids is 1. The van der Waals surface area contributed by atoms with Crippen LogP contribution in [0.25, 0.3) is 11.2 Å². The Hall–Kier alpha value is -3.85. The first-order valence-corrected chi connectivity index (χ1v) is 11.1. The molecule has 2 aromatic heterocycles. The fraction of sp³-hybridized carbons (Fsp3) is 0.208. The summed E-state index contributed by atoms with van der Waals surface area (Å²) in [6, 6.07) is 14.5. The van der Waals surface area contributed by atoms with Crippen molar-refractivity contribution >= 4 is 40.1 Å². The molecular formula is C24H22N6O2S. The van der Waals surface area contributed by atoms with Crippen LogP contribution in [-0.4, -0.2) is 30.5 Å². The maximum Gasteiger partial charge on any atom is 0.257 e. The monoisotopic (exact) mass is 458 g/mol. The molecule has 0 unspecified atom stereocenters. The number of amides is 1. The number of thiocarbonyl (C=S) groups is 1. The molecule has 0 spiro atoms. The van der Waals surface area contributed by atoms with Crippen LogP contribution in [0.2, 0.25) is 0 Å². The summed E-state index contributed by atoms with van der Waals surface area (Å²) in [7, 11) is 0. The minimum atomic E-state index is -0.259. The first-order valence-electron chi connectivity index (χ1n) is 10.7. The summed E-state index contributed by atoms with van der Waals surface area (Å²) in [5.41, 5.74) is 3.70. The summed E-state index contributed by atoms with van der Waals surface area (Å²) < 4.78 is 8.02. The molecule has 33 heavy (non-hydrogen) atoms. The molecule has 0 atom stereocenters. The number of benzene rings is 2. The number of aromatic nitrogens is 4. The maximum atomic E-state index is 12.3. The summed E-state index contributed by atoms with van der Waals surface area (Å²) in [6.45, 7) is 2.86. The van der Waals surface area contributed by atoms with Crippen molar-refractivity contribution in [1.29, 1.82) is 0 Å². The van der Waals surface area contributed by atoms with E-state index in [1.54, 1.807) is 24.5 Å². The second-order valence-electron chi connectivity index (χ2n) is 8.10. The Morgan fingerprint density at radius 3 is 2.73 bits per heavy atom. The smallest absolute Gasteiger partial charge is 0.257 e. The van der Waals surface area contributed by atoms with E-state index in [-0.39, 0.29) is 11.0 Å². The molecule has 166 valence electrons. The molecule has 5 rings (SSSR count). The van der Waals surface area contributed by atoms with E-state index < -0.39 is 0 Å². The van der Waals surface area contributed by atoms with Crippen molar-refractivity contribution in [3.63, 3.8) is 0 Å². The first kappa shape index (κ1) is 21.0. The average Bonchev–Trinajstić information content (AvgIpc) is 3.53. The van der Waals surface area contributed by atoms with Crippen molar-refractivity contribution in [2.75, 3.05) is 5.32 Å². The van der Waals surface area contributed by atoms with Crippen molar-refractivity contribution in [2.24, 2.45) is 5.92 Å². The molecule has 0 aliphatic heterocycles. The van der Waals surface area contributed by atoms with Gasteiger partial charge in [0.25, 0.3) is 11.8 Å². The highest BCUT2D eigenvalue weighted by Crippen LogP contribution is 2.32. The largest absolute Gasteiger partial charge is 0.437 e. The molecule has 0 saturated heterocycles. The number of nitrogens with zero attached hydrogens (tertiary/aromatic N) is 4. The third-order valence-electron chi connectivity index (χ3n) is 5.35. The van der Waals surface area contributed by atoms with Crippen LogP contribution in [0.5, 0.6) is 11.6 Å². The Morgan fingerprint density at radius 1 is 1.15 bits per heavy atom. The molecule has 1 amide bonds. The van der Waals surface area contributed by atoms with Gasteiger partial charge >= 0.3 is 0 Å². The zero-order valence-electron chi connectivity index (χ0n) is 18.0. The van der Waals surface area contributed by atoms with Crippen LogP contribution in [0.15, 0.2) is 61.2 Å². The molecule has 2 N–H and O–H groups in total. The summed E-state index contributed by atoms with van der Waals surface area (Å²) in [6.07, 6.45) is 5.80. The van der Waals surface area contributed by atoms with E-state index in [1.807, 2.05) is 37.3 Å². The van der Waals surface area contributed by atoms with Crippen LogP contribution in [0.4, 0.5) is 5.69 Å². The molecule has 1 saturated carbocycles. The number of anilines is 1. The van der Waals surface area contributed by atoms with Crippen molar-refractivity contribution in [3.05, 3.63) is 72.3 Å². The Morgan fingerprint density at radius 2 is 1.97 bits per heavy atom. The average molecular weight is 459 g/mol. The van der Waals surface area contributed by atoms with Crippen LogP contribution >= 0.6 is 12.2 Å². The highest BCUT2D eigenvalue weighted by Gasteiger charge is 2.23. The maximum absolute atomic E-state index is 12.3. The molecule has 8 nitrogen and oxygen atoms in total. The summed E-state index contributed by atoms with van der Waals surface area (Å²) in [5, 5.41) is 5.91. The van der Waals surface area contributed by atoms with Gasteiger partial charge in [-0.25, -0.2) is 9.97 Å². The molecule has 2 heterocycles. The highest BCUT2D eigenvalue weighted by molar-refractivity contribution is 7.80. The minimum absolute atomic E-state index is 0.217. The fourth-order valence-electron chi connectivity index (χ4n) is 3.49. The van der Waals surface area contributed by atoms with Gasteiger partial charge in [-0.3, -0.25) is 10.1 Å². The van der Waals surface area contributed by atoms with E-state index in [4.69, 9.17) is 17.0 Å². The van der Waals surface area contributed by atoms with E-state index in [9.17, 15) is 4.79 Å². The second kappa shape index (κ2) is 8.95. The Kier molecular flexibility index (Phi) is 5.70. The molecule has 1 aliphatic rings. The number of imidazole rings is 1. The Bertz CT molecular complexity index is 1330. The van der Waals surface area contributed by atoms with Crippen molar-refractivity contribution < 1.29 is 9.53 Å². The van der Waals surface area contributed by atoms with Crippen LogP contribution in [-0.2, 0) is 6.54 Å². The number of hydrogen-bond donors (Lipinski definition) is 2. The van der Waals surface area contributed by atoms with Gasteiger partial charge in [0.2, 0.25) is 0 Å². The van der Waals surface area contributed by atoms with E-state index in [0.717, 1.165) is 29.4 Å². The number of nitrogens with one attached hydrogen (secondary N) is 2. The molecular weight excluding hydrogens is 436 g/mol. The third kappa shape index (κ3) is 4.98. The number of rotatable bonds is 6. The van der Waals surface area contributed by atoms with Gasteiger partial charge in [0.05, 0.1) is 6.33 Å². The van der Waals surface area contributed by atoms with Crippen molar-refractivity contribution in [2.45, 2.75) is 26.3 Å². The normalized spacial score (nSPS) is 13.0. The molecule has 2 aromatic carbocycles. The topological polar surface area (TPSA) is 94.0 Å². The number of aryl methyl sites for hydroxylation is 1. The first-order chi connectivity index (χ1) is 16.0.